The molecule has 0 atom stereocenters. The van der Waals surface area contributed by atoms with Gasteiger partial charge in [-0.05, 0) is 144 Å². The van der Waals surface area contributed by atoms with Gasteiger partial charge in [0.15, 0.2) is 5.75 Å². The monoisotopic (exact) mass is 936 g/mol. The van der Waals surface area contributed by atoms with Crippen molar-refractivity contribution in [3.63, 3.8) is 0 Å². The van der Waals surface area contributed by atoms with Gasteiger partial charge in [0.25, 0.3) is 0 Å². The van der Waals surface area contributed by atoms with Crippen molar-refractivity contribution in [2.24, 2.45) is 0 Å². The van der Waals surface area contributed by atoms with E-state index in [1.54, 1.807) is 0 Å². The van der Waals surface area contributed by atoms with Gasteiger partial charge in [0, 0.05) is 56.3 Å². The molecule has 3 heteroatoms. The Bertz CT molecular complexity index is 3790. The number of hydrogen-bond donors (Lipinski definition) is 0. The first kappa shape index (κ1) is 42.9. The van der Waals surface area contributed by atoms with E-state index in [-0.39, 0.29) is 10.8 Å². The number of fused-ring (bicyclic) bond motifs is 8. The molecule has 0 unspecified atom stereocenters. The number of para-hydroxylation sites is 2. The molecule has 0 fully saturated rings. The van der Waals surface area contributed by atoms with Crippen LogP contribution in [0.15, 0.2) is 243 Å². The van der Waals surface area contributed by atoms with E-state index in [1.165, 1.54) is 66.8 Å². The van der Waals surface area contributed by atoms with Crippen LogP contribution >= 0.6 is 0 Å². The van der Waals surface area contributed by atoms with Crippen LogP contribution in [0.4, 0.5) is 34.1 Å². The van der Waals surface area contributed by atoms with Gasteiger partial charge in [-0.2, -0.15) is 0 Å². The van der Waals surface area contributed by atoms with Crippen molar-refractivity contribution in [2.75, 3.05) is 9.80 Å². The van der Waals surface area contributed by atoms with Crippen LogP contribution in [0, 0.1) is 0 Å². The van der Waals surface area contributed by atoms with Crippen molar-refractivity contribution >= 4 is 44.9 Å². The zero-order valence-electron chi connectivity index (χ0n) is 41.4. The second-order valence-corrected chi connectivity index (χ2v) is 20.8. The molecule has 348 valence electrons. The van der Waals surface area contributed by atoms with Crippen LogP contribution in [-0.4, -0.2) is 0 Å². The van der Waals surface area contributed by atoms with Crippen LogP contribution < -0.4 is 14.5 Å². The number of hydrogen-bond acceptors (Lipinski definition) is 3. The second kappa shape index (κ2) is 16.3. The van der Waals surface area contributed by atoms with E-state index in [2.05, 4.69) is 280 Å². The Kier molecular flexibility index (Phi) is 9.59. The molecule has 14 rings (SSSR count). The van der Waals surface area contributed by atoms with E-state index < -0.39 is 0 Å². The average Bonchev–Trinajstić information content (AvgIpc) is 3.82. The molecule has 73 heavy (non-hydrogen) atoms. The molecule has 0 radical (unpaired) electrons. The van der Waals surface area contributed by atoms with Crippen molar-refractivity contribution in [1.82, 2.24) is 0 Å². The third-order valence-corrected chi connectivity index (χ3v) is 16.0. The first-order chi connectivity index (χ1) is 35.7. The van der Waals surface area contributed by atoms with Crippen LogP contribution in [0.25, 0.3) is 66.4 Å². The third kappa shape index (κ3) is 6.58. The summed E-state index contributed by atoms with van der Waals surface area (Å²) in [5, 5.41) is 2.24. The Balaban J connectivity index is 0.922. The van der Waals surface area contributed by atoms with Crippen LogP contribution in [0.3, 0.4) is 0 Å². The quantitative estimate of drug-likeness (QED) is 0.151. The molecule has 11 aromatic carbocycles. The maximum Gasteiger partial charge on any atom is 0.159 e. The maximum absolute atomic E-state index is 7.39. The molecule has 1 aliphatic heterocycles. The van der Waals surface area contributed by atoms with E-state index in [0.717, 1.165) is 67.5 Å². The van der Waals surface area contributed by atoms with Gasteiger partial charge in [-0.3, -0.25) is 0 Å². The Morgan fingerprint density at radius 3 is 1.30 bits per heavy atom. The van der Waals surface area contributed by atoms with E-state index in [9.17, 15) is 0 Å². The minimum absolute atomic E-state index is 0.135. The molecule has 3 aliphatic rings. The summed E-state index contributed by atoms with van der Waals surface area (Å²) in [6.45, 7) is 9.47. The number of ether oxygens (including phenoxy) is 1. The topological polar surface area (TPSA) is 15.7 Å². The SMILES string of the molecule is CC1(C)c2ccccc2-c2cccc(-c3ccc(N(c4ccc(-c5cccc6c5C(C)(C)c5ccccc5-6)cc4)c4ccc5cccc6c5c4Oc4cc(N(c5ccccc5)c5ccccc5)ccc4-6)cc3)c21. The number of rotatable bonds is 8. The van der Waals surface area contributed by atoms with Crippen LogP contribution in [0.2, 0.25) is 0 Å². The largest absolute Gasteiger partial charge is 0.454 e. The molecule has 0 saturated carbocycles. The molecule has 2 aliphatic carbocycles. The van der Waals surface area contributed by atoms with E-state index in [1.807, 2.05) is 0 Å². The van der Waals surface area contributed by atoms with Gasteiger partial charge in [-0.15, -0.1) is 0 Å². The van der Waals surface area contributed by atoms with Gasteiger partial charge >= 0.3 is 0 Å². The lowest BCUT2D eigenvalue weighted by Gasteiger charge is -2.32. The first-order valence-electron chi connectivity index (χ1n) is 25.5. The molecule has 1 heterocycles. The van der Waals surface area contributed by atoms with Gasteiger partial charge in [-0.1, -0.05) is 198 Å². The molecule has 0 aromatic heterocycles. The highest BCUT2D eigenvalue weighted by Gasteiger charge is 2.39. The Hall–Kier alpha value is -8.92. The average molecular weight is 937 g/mol. The van der Waals surface area contributed by atoms with Crippen molar-refractivity contribution in [1.29, 1.82) is 0 Å². The first-order valence-corrected chi connectivity index (χ1v) is 25.5. The van der Waals surface area contributed by atoms with E-state index >= 15 is 0 Å². The molecule has 0 N–H and O–H groups in total. The molecule has 11 aromatic rings. The molecule has 0 bridgehead atoms. The lowest BCUT2D eigenvalue weighted by molar-refractivity contribution is 0.488. The predicted octanol–water partition coefficient (Wildman–Crippen LogP) is 19.5. The van der Waals surface area contributed by atoms with Crippen molar-refractivity contribution in [3.05, 3.63) is 265 Å². The summed E-state index contributed by atoms with van der Waals surface area (Å²) in [6, 6.07) is 88.7. The molecule has 0 spiro atoms. The standard InChI is InChI=1S/C70H52N2O/c1-69(2)61-30-13-11-23-55(61)59-28-16-25-53(66(59)69)45-32-37-50(38-33-45)72(51-39-34-46(35-40-51)54-26-17-29-60-56-24-12-14-31-62(56)70(3,4)67(54)60)63-43-36-47-18-15-27-58-57-42-41-52(44-64(57)73-68(63)65(47)58)71(48-19-7-5-8-20-48)49-21-9-6-10-22-49/h5-44H,1-4H3. The van der Waals surface area contributed by atoms with Crippen molar-refractivity contribution in [2.45, 2.75) is 38.5 Å². The van der Waals surface area contributed by atoms with Gasteiger partial charge < -0.3 is 14.5 Å². The maximum atomic E-state index is 7.39. The van der Waals surface area contributed by atoms with Gasteiger partial charge in [0.1, 0.15) is 5.75 Å². The van der Waals surface area contributed by atoms with Gasteiger partial charge in [-0.25, -0.2) is 0 Å². The highest BCUT2D eigenvalue weighted by Crippen LogP contribution is 2.57. The molecule has 3 nitrogen and oxygen atoms in total. The summed E-state index contributed by atoms with van der Waals surface area (Å²) >= 11 is 0. The summed E-state index contributed by atoms with van der Waals surface area (Å²) in [5.41, 5.74) is 23.9. The van der Waals surface area contributed by atoms with E-state index in [4.69, 9.17) is 4.74 Å². The zero-order chi connectivity index (χ0) is 49.0. The molecular formula is C70H52N2O. The fourth-order valence-corrected chi connectivity index (χ4v) is 12.7. The fraction of sp³-hybridized carbons (Fsp3) is 0.0857. The zero-order valence-corrected chi connectivity index (χ0v) is 41.4. The lowest BCUT2D eigenvalue weighted by Crippen LogP contribution is -2.16. The third-order valence-electron chi connectivity index (χ3n) is 16.0. The summed E-state index contributed by atoms with van der Waals surface area (Å²) in [7, 11) is 0. The predicted molar refractivity (Wildman–Crippen MR) is 305 cm³/mol. The second-order valence-electron chi connectivity index (χ2n) is 20.8. The number of anilines is 6. The summed E-state index contributed by atoms with van der Waals surface area (Å²) < 4.78 is 7.39. The molecule has 0 amide bonds. The Morgan fingerprint density at radius 1 is 0.315 bits per heavy atom. The minimum Gasteiger partial charge on any atom is -0.454 e. The van der Waals surface area contributed by atoms with Crippen LogP contribution in [0.5, 0.6) is 11.5 Å². The van der Waals surface area contributed by atoms with Crippen LogP contribution in [-0.2, 0) is 10.8 Å². The van der Waals surface area contributed by atoms with Gasteiger partial charge in [0.2, 0.25) is 0 Å². The number of benzene rings is 11. The van der Waals surface area contributed by atoms with Crippen molar-refractivity contribution < 1.29 is 4.74 Å². The summed E-state index contributed by atoms with van der Waals surface area (Å²) in [6.07, 6.45) is 0. The van der Waals surface area contributed by atoms with E-state index in [0.29, 0.717) is 0 Å². The Morgan fingerprint density at radius 2 is 0.753 bits per heavy atom. The summed E-state index contributed by atoms with van der Waals surface area (Å²) in [4.78, 5) is 4.68. The minimum atomic E-state index is -0.135. The highest BCUT2D eigenvalue weighted by atomic mass is 16.5. The molecular weight excluding hydrogens is 885 g/mol. The summed E-state index contributed by atoms with van der Waals surface area (Å²) in [5.74, 6) is 1.65. The van der Waals surface area contributed by atoms with Crippen LogP contribution in [0.1, 0.15) is 49.9 Å². The highest BCUT2D eigenvalue weighted by molar-refractivity contribution is 6.08. The normalized spacial score (nSPS) is 13.8. The number of nitrogens with zero attached hydrogens (tertiary/aromatic N) is 2. The lowest BCUT2D eigenvalue weighted by atomic mass is 9.79. The molecule has 0 saturated heterocycles. The fourth-order valence-electron chi connectivity index (χ4n) is 12.7. The smallest absolute Gasteiger partial charge is 0.159 e. The van der Waals surface area contributed by atoms with Crippen molar-refractivity contribution in [3.8, 4) is 67.1 Å². The van der Waals surface area contributed by atoms with Gasteiger partial charge in [0.05, 0.1) is 5.69 Å². The Labute approximate surface area is 427 Å².